The number of nitrogens with one attached hydrogen (secondary N) is 6. The number of likely N-dealkylation sites (N-methyl/N-ethyl adjacent to an activating group) is 1. The quantitative estimate of drug-likeness (QED) is 0.0228. The molecular formula is C54H99N8O22+. The number of amides is 8. The van der Waals surface area contributed by atoms with Crippen LogP contribution >= 0.6 is 0 Å². The van der Waals surface area contributed by atoms with Crippen molar-refractivity contribution in [2.75, 3.05) is 226 Å². The van der Waals surface area contributed by atoms with E-state index in [9.17, 15) is 38.4 Å². The maximum Gasteiger partial charge on any atom is 0.407 e. The number of rotatable bonds is 55. The van der Waals surface area contributed by atoms with Crippen LogP contribution in [0, 0.1) is 0 Å². The molecule has 0 aromatic carbocycles. The molecule has 0 saturated heterocycles. The van der Waals surface area contributed by atoms with E-state index >= 15 is 0 Å². The maximum atomic E-state index is 13.2. The number of quaternary nitrogens is 1. The summed E-state index contributed by atoms with van der Waals surface area (Å²) in [5.74, 6) is -2.97. The summed E-state index contributed by atoms with van der Waals surface area (Å²) in [6, 6.07) is -2.00. The van der Waals surface area contributed by atoms with Gasteiger partial charge in [0.1, 0.15) is 11.6 Å². The summed E-state index contributed by atoms with van der Waals surface area (Å²) in [7, 11) is 7.22. The number of imide groups is 1. The van der Waals surface area contributed by atoms with Crippen LogP contribution in [0.5, 0.6) is 0 Å². The average molecular weight is 1210 g/mol. The number of alkyl carbamates (subject to hydrolysis) is 2. The Morgan fingerprint density at radius 1 is 0.464 bits per heavy atom. The fraction of sp³-hybridized carbons (Fsp3) is 0.815. The number of ether oxygens (including phenoxy) is 14. The Bertz CT molecular complexity index is 1820. The highest BCUT2D eigenvalue weighted by Crippen LogP contribution is 2.13. The predicted molar refractivity (Wildman–Crippen MR) is 302 cm³/mol. The Hall–Kier alpha value is -5.22. The third-order valence-corrected chi connectivity index (χ3v) is 10.8. The van der Waals surface area contributed by atoms with Crippen molar-refractivity contribution in [1.82, 2.24) is 36.8 Å². The molecule has 0 aromatic heterocycles. The molecule has 0 fully saturated rings. The minimum Gasteiger partial charge on any atom is -0.449 e. The fourth-order valence-corrected chi connectivity index (χ4v) is 6.83. The van der Waals surface area contributed by atoms with Gasteiger partial charge in [0.05, 0.1) is 186 Å². The molecule has 1 heterocycles. The van der Waals surface area contributed by atoms with Gasteiger partial charge in [-0.15, -0.1) is 0 Å². The molecule has 0 saturated carbocycles. The minimum absolute atomic E-state index is 0.0235. The van der Waals surface area contributed by atoms with Crippen LogP contribution < -0.4 is 31.9 Å². The monoisotopic (exact) mass is 1210 g/mol. The lowest BCUT2D eigenvalue weighted by molar-refractivity contribution is -0.862. The molecule has 0 spiro atoms. The van der Waals surface area contributed by atoms with E-state index in [1.165, 1.54) is 0 Å². The van der Waals surface area contributed by atoms with Gasteiger partial charge in [0.25, 0.3) is 17.7 Å². The molecule has 0 aromatic rings. The largest absolute Gasteiger partial charge is 0.449 e. The lowest BCUT2D eigenvalue weighted by Gasteiger charge is -2.27. The van der Waals surface area contributed by atoms with Crippen molar-refractivity contribution in [2.45, 2.75) is 64.1 Å². The second kappa shape index (κ2) is 50.0. The third-order valence-electron chi connectivity index (χ3n) is 10.8. The number of carbonyl (C=O) groups excluding carboxylic acids is 8. The van der Waals surface area contributed by atoms with E-state index in [1.54, 1.807) is 27.9 Å². The Morgan fingerprint density at radius 2 is 0.881 bits per heavy atom. The van der Waals surface area contributed by atoms with Crippen LogP contribution in [-0.2, 0) is 95.1 Å². The molecule has 2 atom stereocenters. The number of hydrogen-bond acceptors (Lipinski definition) is 22. The van der Waals surface area contributed by atoms with E-state index in [-0.39, 0.29) is 96.6 Å². The zero-order chi connectivity index (χ0) is 61.9. The topological polar surface area (TPSA) is 341 Å². The molecule has 0 aliphatic carbocycles. The van der Waals surface area contributed by atoms with Gasteiger partial charge in [0.15, 0.2) is 6.54 Å². The Labute approximate surface area is 494 Å². The van der Waals surface area contributed by atoms with Gasteiger partial charge in [-0.05, 0) is 27.2 Å². The molecular weight excluding hydrogens is 1110 g/mol. The molecule has 0 radical (unpaired) electrons. The number of nitrogens with zero attached hydrogens (tertiary/aromatic N) is 2. The first-order chi connectivity index (χ1) is 40.3. The Kier molecular flexibility index (Phi) is 45.7. The van der Waals surface area contributed by atoms with Crippen LogP contribution in [0.2, 0.25) is 0 Å². The number of carbonyl (C=O) groups is 8. The first-order valence-electron chi connectivity index (χ1n) is 28.5. The van der Waals surface area contributed by atoms with Gasteiger partial charge in [0, 0.05) is 71.2 Å². The summed E-state index contributed by atoms with van der Waals surface area (Å²) >= 11 is 0. The van der Waals surface area contributed by atoms with Crippen LogP contribution in [0.4, 0.5) is 9.59 Å². The maximum absolute atomic E-state index is 13.2. The second-order valence-corrected chi connectivity index (χ2v) is 20.3. The van der Waals surface area contributed by atoms with Crippen LogP contribution in [-0.4, -0.2) is 301 Å². The SMILES string of the molecule is COCCOCCOCCOCCOCCOCCOCCOCCOCCOCCOCCOCCNC(=O)CCC(NC(=O)CCNC(=O)OCC[C@H](CNC(=O)OC(C)(C)C)N1C(=O)C=CC1=O)C(=O)NCCNC(=O)C[N+](C)(C)C. The average Bonchev–Trinajstić information content (AvgIpc) is 4.06. The van der Waals surface area contributed by atoms with Crippen LogP contribution in [0.15, 0.2) is 12.2 Å². The summed E-state index contributed by atoms with van der Waals surface area (Å²) in [5.41, 5.74) is -0.787. The highest BCUT2D eigenvalue weighted by atomic mass is 16.6. The summed E-state index contributed by atoms with van der Waals surface area (Å²) in [6.07, 6.45) is 0.0461. The van der Waals surface area contributed by atoms with Gasteiger partial charge >= 0.3 is 12.2 Å². The predicted octanol–water partition coefficient (Wildman–Crippen LogP) is -1.54. The highest BCUT2D eigenvalue weighted by molar-refractivity contribution is 6.13. The molecule has 84 heavy (non-hydrogen) atoms. The van der Waals surface area contributed by atoms with Crippen molar-refractivity contribution >= 4 is 47.6 Å². The highest BCUT2D eigenvalue weighted by Gasteiger charge is 2.32. The fourth-order valence-electron chi connectivity index (χ4n) is 6.83. The van der Waals surface area contributed by atoms with Crippen LogP contribution in [0.3, 0.4) is 0 Å². The molecule has 30 heteroatoms. The lowest BCUT2D eigenvalue weighted by Crippen LogP contribution is -2.50. The Morgan fingerprint density at radius 3 is 1.31 bits per heavy atom. The molecule has 8 amide bonds. The van der Waals surface area contributed by atoms with Crippen LogP contribution in [0.25, 0.3) is 0 Å². The van der Waals surface area contributed by atoms with Gasteiger partial charge in [-0.2, -0.15) is 0 Å². The van der Waals surface area contributed by atoms with E-state index in [2.05, 4.69) is 31.9 Å². The summed E-state index contributed by atoms with van der Waals surface area (Å²) < 4.78 is 76.0. The van der Waals surface area contributed by atoms with Gasteiger partial charge < -0.3 is 103 Å². The van der Waals surface area contributed by atoms with Crippen molar-refractivity contribution < 1.29 is 109 Å². The van der Waals surface area contributed by atoms with Gasteiger partial charge in [-0.1, -0.05) is 0 Å². The summed E-state index contributed by atoms with van der Waals surface area (Å²) in [5, 5.41) is 15.7. The van der Waals surface area contributed by atoms with E-state index in [0.29, 0.717) is 143 Å². The lowest BCUT2D eigenvalue weighted by atomic mass is 10.1. The first kappa shape index (κ1) is 76.8. The van der Waals surface area contributed by atoms with Crippen molar-refractivity contribution in [2.24, 2.45) is 0 Å². The Balaban J connectivity index is 2.20. The number of methoxy groups -OCH3 is 1. The van der Waals surface area contributed by atoms with E-state index in [4.69, 9.17) is 66.3 Å². The zero-order valence-corrected chi connectivity index (χ0v) is 50.7. The van der Waals surface area contributed by atoms with Crippen molar-refractivity contribution in [1.29, 1.82) is 0 Å². The minimum atomic E-state index is -1.13. The molecule has 30 nitrogen and oxygen atoms in total. The molecule has 1 aliphatic heterocycles. The third kappa shape index (κ3) is 47.1. The van der Waals surface area contributed by atoms with Gasteiger partial charge in [0.2, 0.25) is 17.7 Å². The van der Waals surface area contributed by atoms with E-state index < -0.39 is 53.5 Å². The zero-order valence-electron chi connectivity index (χ0n) is 50.7. The van der Waals surface area contributed by atoms with E-state index in [1.807, 2.05) is 21.1 Å². The molecule has 486 valence electrons. The van der Waals surface area contributed by atoms with Crippen molar-refractivity contribution in [3.05, 3.63) is 12.2 Å². The normalized spacial score (nSPS) is 13.2. The first-order valence-corrected chi connectivity index (χ1v) is 28.5. The van der Waals surface area contributed by atoms with Crippen molar-refractivity contribution in [3.63, 3.8) is 0 Å². The molecule has 6 N–H and O–H groups in total. The molecule has 0 bridgehead atoms. The molecule has 1 aliphatic rings. The van der Waals surface area contributed by atoms with Crippen molar-refractivity contribution in [3.8, 4) is 0 Å². The van der Waals surface area contributed by atoms with E-state index in [0.717, 1.165) is 17.1 Å². The van der Waals surface area contributed by atoms with Gasteiger partial charge in [-0.3, -0.25) is 33.7 Å². The van der Waals surface area contributed by atoms with Crippen LogP contribution in [0.1, 0.15) is 46.5 Å². The summed E-state index contributed by atoms with van der Waals surface area (Å²) in [4.78, 5) is 102. The number of hydrogen-bond donors (Lipinski definition) is 6. The van der Waals surface area contributed by atoms with Gasteiger partial charge in [-0.25, -0.2) is 9.59 Å². The molecule has 1 rings (SSSR count). The standard InChI is InChI=1S/C54H98N8O22/c1-54(2,3)84-53(70)59-42-44(61-49(66)10-11-50(61)67)13-18-83-52(69)58-14-12-47(64)60-45(51(68)57-16-15-55-48(65)43-62(4,5)6)8-9-46(63)56-17-19-72-22-23-74-26-27-76-30-31-78-34-35-80-38-39-82-41-40-81-37-36-79-33-32-77-29-28-75-25-24-73-21-20-71-7/h10-11,44-45H,8-9,12-43H2,1-7H3,(H5-,55,56,57,58,59,60,63,64,65,68,69,70)/p+1/t44-,45?/m1/s1. The summed E-state index contributed by atoms with van der Waals surface area (Å²) in [6.45, 7) is 15.1. The molecule has 1 unspecified atom stereocenters. The smallest absolute Gasteiger partial charge is 0.407 e. The second-order valence-electron chi connectivity index (χ2n) is 20.3.